The molecule has 8 heteroatoms. The molecule has 29 heavy (non-hydrogen) atoms. The smallest absolute Gasteiger partial charge is 0.271 e. The fraction of sp³-hybridized carbons (Fsp3) is 0.0476. The Morgan fingerprint density at radius 1 is 1.07 bits per heavy atom. The normalized spacial score (nSPS) is 10.5. The summed E-state index contributed by atoms with van der Waals surface area (Å²) in [6.07, 6.45) is 4.58. The standard InChI is InChI=1S/C21H17ClN4O3/c22-17-2-1-3-18(12-17)25-20(27)14-29-19-6-4-15(5-7-19)13-24-26-21(28)16-8-10-23-11-9-16/h1-13H,14H2,(H,25,27)(H,26,28)/b24-13+. The van der Waals surface area contributed by atoms with Gasteiger partial charge >= 0.3 is 0 Å². The Bertz CT molecular complexity index is 1010. The van der Waals surface area contributed by atoms with Crippen molar-refractivity contribution in [2.45, 2.75) is 0 Å². The molecule has 0 saturated heterocycles. The van der Waals surface area contributed by atoms with E-state index in [9.17, 15) is 9.59 Å². The lowest BCUT2D eigenvalue weighted by Crippen LogP contribution is -2.20. The lowest BCUT2D eigenvalue weighted by Gasteiger charge is -2.08. The van der Waals surface area contributed by atoms with E-state index in [1.807, 2.05) is 0 Å². The van der Waals surface area contributed by atoms with Gasteiger partial charge in [0, 0.05) is 28.7 Å². The summed E-state index contributed by atoms with van der Waals surface area (Å²) in [6, 6.07) is 17.0. The molecule has 1 aromatic heterocycles. The van der Waals surface area contributed by atoms with Gasteiger partial charge in [-0.1, -0.05) is 17.7 Å². The van der Waals surface area contributed by atoms with Crippen molar-refractivity contribution < 1.29 is 14.3 Å². The molecule has 7 nitrogen and oxygen atoms in total. The molecule has 0 aliphatic rings. The number of hydrazone groups is 1. The second-order valence-electron chi connectivity index (χ2n) is 5.85. The molecule has 2 aromatic carbocycles. The van der Waals surface area contributed by atoms with Crippen LogP contribution < -0.4 is 15.5 Å². The maximum absolute atomic E-state index is 11.9. The first-order valence-corrected chi connectivity index (χ1v) is 9.00. The third-order valence-electron chi connectivity index (χ3n) is 3.68. The van der Waals surface area contributed by atoms with E-state index in [0.717, 1.165) is 5.56 Å². The molecule has 0 aliphatic heterocycles. The highest BCUT2D eigenvalue weighted by Crippen LogP contribution is 2.15. The first-order valence-electron chi connectivity index (χ1n) is 8.62. The molecule has 1 heterocycles. The molecule has 0 atom stereocenters. The van der Waals surface area contributed by atoms with Gasteiger partial charge in [-0.15, -0.1) is 0 Å². The van der Waals surface area contributed by atoms with Crippen LogP contribution in [0.3, 0.4) is 0 Å². The topological polar surface area (TPSA) is 92.7 Å². The molecule has 2 N–H and O–H groups in total. The van der Waals surface area contributed by atoms with E-state index in [4.69, 9.17) is 16.3 Å². The number of halogens is 1. The highest BCUT2D eigenvalue weighted by Gasteiger charge is 2.05. The molecular formula is C21H17ClN4O3. The number of aromatic nitrogens is 1. The monoisotopic (exact) mass is 408 g/mol. The van der Waals surface area contributed by atoms with Gasteiger partial charge in [0.05, 0.1) is 6.21 Å². The van der Waals surface area contributed by atoms with Crippen molar-refractivity contribution in [1.29, 1.82) is 0 Å². The number of rotatable bonds is 7. The number of nitrogens with one attached hydrogen (secondary N) is 2. The van der Waals surface area contributed by atoms with Gasteiger partial charge in [-0.25, -0.2) is 5.43 Å². The van der Waals surface area contributed by atoms with Gasteiger partial charge in [-0.05, 0) is 60.2 Å². The lowest BCUT2D eigenvalue weighted by molar-refractivity contribution is -0.118. The Hall–Kier alpha value is -3.71. The van der Waals surface area contributed by atoms with Crippen molar-refractivity contribution in [3.63, 3.8) is 0 Å². The number of carbonyl (C=O) groups is 2. The predicted molar refractivity (Wildman–Crippen MR) is 111 cm³/mol. The largest absolute Gasteiger partial charge is 0.484 e. The van der Waals surface area contributed by atoms with Gasteiger partial charge in [-0.3, -0.25) is 14.6 Å². The molecule has 146 valence electrons. The van der Waals surface area contributed by atoms with Crippen LogP contribution >= 0.6 is 11.6 Å². The molecule has 0 saturated carbocycles. The number of benzene rings is 2. The summed E-state index contributed by atoms with van der Waals surface area (Å²) in [5, 5.41) is 7.16. The molecule has 0 radical (unpaired) electrons. The Labute approximate surface area is 172 Å². The van der Waals surface area contributed by atoms with E-state index < -0.39 is 0 Å². The number of carbonyl (C=O) groups excluding carboxylic acids is 2. The van der Waals surface area contributed by atoms with Crippen LogP contribution in [0.2, 0.25) is 5.02 Å². The van der Waals surface area contributed by atoms with E-state index in [1.54, 1.807) is 60.7 Å². The maximum Gasteiger partial charge on any atom is 0.271 e. The van der Waals surface area contributed by atoms with Crippen molar-refractivity contribution in [2.24, 2.45) is 5.10 Å². The van der Waals surface area contributed by atoms with Gasteiger partial charge in [0.2, 0.25) is 0 Å². The summed E-state index contributed by atoms with van der Waals surface area (Å²) in [6.45, 7) is -0.137. The highest BCUT2D eigenvalue weighted by molar-refractivity contribution is 6.30. The Balaban J connectivity index is 1.46. The molecular weight excluding hydrogens is 392 g/mol. The zero-order chi connectivity index (χ0) is 20.5. The van der Waals surface area contributed by atoms with Crippen molar-refractivity contribution in [1.82, 2.24) is 10.4 Å². The summed E-state index contributed by atoms with van der Waals surface area (Å²) in [7, 11) is 0. The Morgan fingerprint density at radius 2 is 1.83 bits per heavy atom. The number of ether oxygens (including phenoxy) is 1. The van der Waals surface area contributed by atoms with Gasteiger partial charge in [0.1, 0.15) is 5.75 Å². The summed E-state index contributed by atoms with van der Waals surface area (Å²) in [5.41, 5.74) is 4.27. The number of pyridine rings is 1. The molecule has 0 aliphatic carbocycles. The van der Waals surface area contributed by atoms with Crippen LogP contribution in [-0.2, 0) is 4.79 Å². The Kier molecular flexibility index (Phi) is 6.91. The average Bonchev–Trinajstić information content (AvgIpc) is 2.74. The number of anilines is 1. The van der Waals surface area contributed by atoms with Crippen molar-refractivity contribution >= 4 is 35.3 Å². The zero-order valence-corrected chi connectivity index (χ0v) is 16.0. The first kappa shape index (κ1) is 20.0. The van der Waals surface area contributed by atoms with Crippen LogP contribution in [0.5, 0.6) is 5.75 Å². The van der Waals surface area contributed by atoms with Crippen LogP contribution in [0.1, 0.15) is 15.9 Å². The molecule has 3 rings (SSSR count). The predicted octanol–water partition coefficient (Wildman–Crippen LogP) is 3.52. The molecule has 2 amide bonds. The molecule has 0 fully saturated rings. The average molecular weight is 409 g/mol. The molecule has 0 spiro atoms. The summed E-state index contributed by atoms with van der Waals surface area (Å²) >= 11 is 5.88. The third-order valence-corrected chi connectivity index (χ3v) is 3.92. The van der Waals surface area contributed by atoms with Crippen LogP contribution in [0, 0.1) is 0 Å². The van der Waals surface area contributed by atoms with Gasteiger partial charge in [0.15, 0.2) is 6.61 Å². The highest BCUT2D eigenvalue weighted by atomic mass is 35.5. The Morgan fingerprint density at radius 3 is 2.55 bits per heavy atom. The number of nitrogens with zero attached hydrogens (tertiary/aromatic N) is 2. The fourth-order valence-corrected chi connectivity index (χ4v) is 2.49. The minimum Gasteiger partial charge on any atom is -0.484 e. The zero-order valence-electron chi connectivity index (χ0n) is 15.2. The van der Waals surface area contributed by atoms with Gasteiger partial charge < -0.3 is 10.1 Å². The molecule has 3 aromatic rings. The van der Waals surface area contributed by atoms with E-state index in [0.29, 0.717) is 22.0 Å². The number of amides is 2. The third kappa shape index (κ3) is 6.44. The van der Waals surface area contributed by atoms with Gasteiger partial charge in [0.25, 0.3) is 11.8 Å². The van der Waals surface area contributed by atoms with Crippen LogP contribution in [0.25, 0.3) is 0 Å². The van der Waals surface area contributed by atoms with E-state index >= 15 is 0 Å². The van der Waals surface area contributed by atoms with Crippen molar-refractivity contribution in [2.75, 3.05) is 11.9 Å². The molecule has 0 unspecified atom stereocenters. The summed E-state index contributed by atoms with van der Waals surface area (Å²) < 4.78 is 5.46. The number of hydrogen-bond acceptors (Lipinski definition) is 5. The first-order chi connectivity index (χ1) is 14.1. The maximum atomic E-state index is 11.9. The quantitative estimate of drug-likeness (QED) is 0.462. The van der Waals surface area contributed by atoms with Crippen LogP contribution in [-0.4, -0.2) is 29.6 Å². The van der Waals surface area contributed by atoms with E-state index in [2.05, 4.69) is 20.8 Å². The SMILES string of the molecule is O=C(COc1ccc(/C=N/NC(=O)c2ccncc2)cc1)Nc1cccc(Cl)c1. The van der Waals surface area contributed by atoms with Crippen LogP contribution in [0.4, 0.5) is 5.69 Å². The van der Waals surface area contributed by atoms with E-state index in [-0.39, 0.29) is 18.4 Å². The van der Waals surface area contributed by atoms with Crippen LogP contribution in [0.15, 0.2) is 78.2 Å². The summed E-state index contributed by atoms with van der Waals surface area (Å²) in [4.78, 5) is 27.7. The van der Waals surface area contributed by atoms with E-state index in [1.165, 1.54) is 18.6 Å². The minimum absolute atomic E-state index is 0.137. The summed E-state index contributed by atoms with van der Waals surface area (Å²) in [5.74, 6) is -0.0877. The minimum atomic E-state index is -0.325. The second kappa shape index (κ2) is 10.0. The molecule has 0 bridgehead atoms. The lowest BCUT2D eigenvalue weighted by atomic mass is 10.2. The van der Waals surface area contributed by atoms with Gasteiger partial charge in [-0.2, -0.15) is 5.10 Å². The fourth-order valence-electron chi connectivity index (χ4n) is 2.30. The number of hydrogen-bond donors (Lipinski definition) is 2. The van der Waals surface area contributed by atoms with Crippen molar-refractivity contribution in [3.05, 3.63) is 89.2 Å². The second-order valence-corrected chi connectivity index (χ2v) is 6.29. The van der Waals surface area contributed by atoms with Crippen molar-refractivity contribution in [3.8, 4) is 5.75 Å².